The summed E-state index contributed by atoms with van der Waals surface area (Å²) in [5.41, 5.74) is 2.80. The number of benzene rings is 3. The lowest BCUT2D eigenvalue weighted by atomic mass is 9.96. The summed E-state index contributed by atoms with van der Waals surface area (Å²) >= 11 is 0. The fourth-order valence-electron chi connectivity index (χ4n) is 3.75. The summed E-state index contributed by atoms with van der Waals surface area (Å²) in [5, 5.41) is 11.0. The van der Waals surface area contributed by atoms with E-state index in [1.165, 1.54) is 18.2 Å². The zero-order valence-electron chi connectivity index (χ0n) is 16.0. The van der Waals surface area contributed by atoms with Gasteiger partial charge in [0, 0.05) is 22.6 Å². The maximum absolute atomic E-state index is 13.3. The molecule has 0 amide bonds. The average molecular weight is 396 g/mol. The number of phenolic OH excluding ortho intramolecular Hbond substituents is 1. The molecule has 0 spiro atoms. The van der Waals surface area contributed by atoms with Crippen LogP contribution in [0.15, 0.2) is 86.4 Å². The minimum absolute atomic E-state index is 0.106. The van der Waals surface area contributed by atoms with Crippen LogP contribution in [0.4, 0.5) is 0 Å². The molecule has 2 aromatic heterocycles. The van der Waals surface area contributed by atoms with Gasteiger partial charge in [-0.05, 0) is 42.3 Å². The van der Waals surface area contributed by atoms with E-state index in [0.29, 0.717) is 33.2 Å². The van der Waals surface area contributed by atoms with Gasteiger partial charge in [-0.25, -0.2) is 4.79 Å². The number of aromatic hydroxyl groups is 1. The fourth-order valence-corrected chi connectivity index (χ4v) is 3.75. The third-order valence-electron chi connectivity index (χ3n) is 5.17. The van der Waals surface area contributed by atoms with E-state index in [4.69, 9.17) is 8.83 Å². The molecule has 5 nitrogen and oxygen atoms in total. The van der Waals surface area contributed by atoms with Crippen molar-refractivity contribution in [3.8, 4) is 16.9 Å². The minimum Gasteiger partial charge on any atom is -0.508 e. The van der Waals surface area contributed by atoms with E-state index in [1.807, 2.05) is 19.1 Å². The van der Waals surface area contributed by atoms with Crippen molar-refractivity contribution in [2.24, 2.45) is 0 Å². The molecule has 0 aliphatic rings. The molecule has 3 aromatic carbocycles. The second-order valence-electron chi connectivity index (χ2n) is 7.11. The number of rotatable bonds is 3. The number of fused-ring (bicyclic) bond motifs is 3. The Bertz CT molecular complexity index is 1470. The van der Waals surface area contributed by atoms with Crippen LogP contribution in [-0.2, 0) is 0 Å². The number of aryl methyl sites for hydroxylation is 1. The van der Waals surface area contributed by atoms with Crippen molar-refractivity contribution in [2.45, 2.75) is 6.92 Å². The van der Waals surface area contributed by atoms with Crippen molar-refractivity contribution in [3.05, 3.63) is 100 Å². The van der Waals surface area contributed by atoms with Gasteiger partial charge < -0.3 is 13.9 Å². The molecule has 0 unspecified atom stereocenters. The summed E-state index contributed by atoms with van der Waals surface area (Å²) in [5.74, 6) is -0.0220. The topological polar surface area (TPSA) is 80.7 Å². The Balaban J connectivity index is 1.92. The average Bonchev–Trinajstić information content (AvgIpc) is 3.14. The lowest BCUT2D eigenvalue weighted by Gasteiger charge is -2.06. The van der Waals surface area contributed by atoms with Crippen LogP contribution < -0.4 is 5.63 Å². The van der Waals surface area contributed by atoms with E-state index >= 15 is 0 Å². The highest BCUT2D eigenvalue weighted by atomic mass is 16.4. The first-order valence-electron chi connectivity index (χ1n) is 9.42. The maximum atomic E-state index is 13.3. The van der Waals surface area contributed by atoms with E-state index in [2.05, 4.69) is 0 Å². The normalized spacial score (nSPS) is 11.2. The third-order valence-corrected chi connectivity index (χ3v) is 5.17. The number of carbonyl (C=O) groups excluding carboxylic acids is 1. The highest BCUT2D eigenvalue weighted by Crippen LogP contribution is 2.40. The van der Waals surface area contributed by atoms with E-state index < -0.39 is 5.63 Å². The molecule has 30 heavy (non-hydrogen) atoms. The van der Waals surface area contributed by atoms with Crippen molar-refractivity contribution in [2.75, 3.05) is 0 Å². The van der Waals surface area contributed by atoms with Crippen molar-refractivity contribution in [3.63, 3.8) is 0 Å². The van der Waals surface area contributed by atoms with Gasteiger partial charge in [-0.15, -0.1) is 0 Å². The molecule has 2 heterocycles. The van der Waals surface area contributed by atoms with E-state index in [0.717, 1.165) is 10.9 Å². The van der Waals surface area contributed by atoms with Crippen LogP contribution in [0.1, 0.15) is 21.7 Å². The van der Waals surface area contributed by atoms with E-state index in [1.54, 1.807) is 42.5 Å². The first-order chi connectivity index (χ1) is 14.5. The number of hydrogen-bond acceptors (Lipinski definition) is 5. The Labute approximate surface area is 170 Å². The monoisotopic (exact) mass is 396 g/mol. The Kier molecular flexibility index (Phi) is 4.03. The molecule has 0 fully saturated rings. The second-order valence-corrected chi connectivity index (χ2v) is 7.11. The summed E-state index contributed by atoms with van der Waals surface area (Å²) in [7, 11) is 0. The molecule has 0 saturated heterocycles. The molecule has 5 rings (SSSR count). The molecule has 0 aliphatic carbocycles. The lowest BCUT2D eigenvalue weighted by Crippen LogP contribution is -2.01. The Morgan fingerprint density at radius 2 is 1.63 bits per heavy atom. The molecule has 5 aromatic rings. The van der Waals surface area contributed by atoms with Gasteiger partial charge in [-0.3, -0.25) is 4.79 Å². The van der Waals surface area contributed by atoms with Gasteiger partial charge in [0.25, 0.3) is 0 Å². The summed E-state index contributed by atoms with van der Waals surface area (Å²) in [4.78, 5) is 25.4. The highest BCUT2D eigenvalue weighted by molar-refractivity contribution is 6.20. The van der Waals surface area contributed by atoms with Crippen LogP contribution in [0.3, 0.4) is 0 Å². The van der Waals surface area contributed by atoms with Crippen LogP contribution >= 0.6 is 0 Å². The smallest absolute Gasteiger partial charge is 0.336 e. The summed E-state index contributed by atoms with van der Waals surface area (Å²) < 4.78 is 11.6. The van der Waals surface area contributed by atoms with Crippen molar-refractivity contribution in [1.29, 1.82) is 0 Å². The molecule has 5 heteroatoms. The first kappa shape index (κ1) is 17.9. The highest BCUT2D eigenvalue weighted by Gasteiger charge is 2.25. The largest absolute Gasteiger partial charge is 0.508 e. The lowest BCUT2D eigenvalue weighted by molar-refractivity contribution is 0.101. The molecule has 0 aliphatic heterocycles. The summed E-state index contributed by atoms with van der Waals surface area (Å²) in [6.07, 6.45) is 0. The fraction of sp³-hybridized carbons (Fsp3) is 0.0400. The van der Waals surface area contributed by atoms with Crippen molar-refractivity contribution >= 4 is 27.7 Å². The van der Waals surface area contributed by atoms with Gasteiger partial charge in [0.15, 0.2) is 5.76 Å². The number of hydrogen-bond donors (Lipinski definition) is 1. The predicted molar refractivity (Wildman–Crippen MR) is 114 cm³/mol. The number of carbonyl (C=O) groups is 1. The van der Waals surface area contributed by atoms with Crippen LogP contribution in [-0.4, -0.2) is 10.9 Å². The Morgan fingerprint density at radius 1 is 0.900 bits per heavy atom. The van der Waals surface area contributed by atoms with Gasteiger partial charge in [0.1, 0.15) is 16.9 Å². The zero-order chi connectivity index (χ0) is 20.8. The molecular formula is C25H16O5. The SMILES string of the molecule is Cc1cc(=O)oc2c1ccc1oc(C(=O)c3ccccc3)c(-c3ccc(O)cc3)c12. The van der Waals surface area contributed by atoms with Crippen LogP contribution in [0, 0.1) is 6.92 Å². The molecule has 0 atom stereocenters. The van der Waals surface area contributed by atoms with Crippen molar-refractivity contribution in [1.82, 2.24) is 0 Å². The van der Waals surface area contributed by atoms with Gasteiger partial charge in [0.05, 0.1) is 5.39 Å². The van der Waals surface area contributed by atoms with Gasteiger partial charge in [-0.1, -0.05) is 42.5 Å². The Morgan fingerprint density at radius 3 is 2.37 bits per heavy atom. The van der Waals surface area contributed by atoms with Crippen LogP contribution in [0.25, 0.3) is 33.1 Å². The van der Waals surface area contributed by atoms with Gasteiger partial charge in [-0.2, -0.15) is 0 Å². The first-order valence-corrected chi connectivity index (χ1v) is 9.42. The second kappa shape index (κ2) is 6.74. The predicted octanol–water partition coefficient (Wildman–Crippen LogP) is 5.45. The quantitative estimate of drug-likeness (QED) is 0.324. The van der Waals surface area contributed by atoms with Gasteiger partial charge >= 0.3 is 5.63 Å². The summed E-state index contributed by atoms with van der Waals surface area (Å²) in [6.45, 7) is 1.83. The minimum atomic E-state index is -0.471. The molecule has 146 valence electrons. The molecule has 0 bridgehead atoms. The van der Waals surface area contributed by atoms with Crippen molar-refractivity contribution < 1.29 is 18.7 Å². The standard InChI is InChI=1S/C25H16O5/c1-14-13-20(27)30-24-18(14)11-12-19-22(24)21(15-7-9-17(26)10-8-15)25(29-19)23(28)16-5-3-2-4-6-16/h2-13,26H,1H3. The number of furan rings is 1. The van der Waals surface area contributed by atoms with E-state index in [-0.39, 0.29) is 17.3 Å². The van der Waals surface area contributed by atoms with E-state index in [9.17, 15) is 14.7 Å². The zero-order valence-corrected chi connectivity index (χ0v) is 16.0. The van der Waals surface area contributed by atoms with Crippen LogP contribution in [0.2, 0.25) is 0 Å². The van der Waals surface area contributed by atoms with Gasteiger partial charge in [0.2, 0.25) is 5.78 Å². The molecule has 0 radical (unpaired) electrons. The number of ketones is 1. The summed E-state index contributed by atoms with van der Waals surface area (Å²) in [6, 6.07) is 20.4. The molecule has 1 N–H and O–H groups in total. The Hall–Kier alpha value is -4.12. The maximum Gasteiger partial charge on any atom is 0.336 e. The molecule has 0 saturated carbocycles. The third kappa shape index (κ3) is 2.79. The molecular weight excluding hydrogens is 380 g/mol. The number of phenols is 1. The van der Waals surface area contributed by atoms with Crippen LogP contribution in [0.5, 0.6) is 5.75 Å².